The van der Waals surface area contributed by atoms with Crippen LogP contribution in [0, 0.1) is 0 Å². The van der Waals surface area contributed by atoms with Crippen molar-refractivity contribution in [3.8, 4) is 0 Å². The van der Waals surface area contributed by atoms with Crippen molar-refractivity contribution in [3.05, 3.63) is 20.8 Å². The Hall–Kier alpha value is 0.0600. The molecule has 3 nitrogen and oxygen atoms in total. The molecule has 19 heavy (non-hydrogen) atoms. The van der Waals surface area contributed by atoms with Crippen LogP contribution < -0.4 is 5.32 Å². The SMILES string of the molecule is CCCNC(c1sccc1Br)C1CN(CC)CCO1. The number of hydrogen-bond acceptors (Lipinski definition) is 4. The zero-order valence-corrected chi connectivity index (χ0v) is 14.1. The molecular formula is C14H23BrN2OS. The number of hydrogen-bond donors (Lipinski definition) is 1. The summed E-state index contributed by atoms with van der Waals surface area (Å²) in [7, 11) is 0. The van der Waals surface area contributed by atoms with Crippen LogP contribution in [0.4, 0.5) is 0 Å². The summed E-state index contributed by atoms with van der Waals surface area (Å²) >= 11 is 5.46. The van der Waals surface area contributed by atoms with Gasteiger partial charge in [-0.15, -0.1) is 11.3 Å². The molecule has 2 atom stereocenters. The largest absolute Gasteiger partial charge is 0.374 e. The molecule has 1 aliphatic rings. The summed E-state index contributed by atoms with van der Waals surface area (Å²) in [5, 5.41) is 5.80. The molecule has 0 aliphatic carbocycles. The minimum absolute atomic E-state index is 0.246. The van der Waals surface area contributed by atoms with E-state index in [2.05, 4.69) is 51.4 Å². The first kappa shape index (κ1) is 15.4. The molecule has 2 heterocycles. The van der Waals surface area contributed by atoms with Crippen LogP contribution in [-0.2, 0) is 4.74 Å². The number of morpholine rings is 1. The molecular weight excluding hydrogens is 324 g/mol. The number of nitrogens with one attached hydrogen (secondary N) is 1. The van der Waals surface area contributed by atoms with Gasteiger partial charge in [-0.1, -0.05) is 13.8 Å². The monoisotopic (exact) mass is 346 g/mol. The van der Waals surface area contributed by atoms with Crippen LogP contribution in [0.25, 0.3) is 0 Å². The fourth-order valence-corrected chi connectivity index (χ4v) is 4.19. The summed E-state index contributed by atoms with van der Waals surface area (Å²) in [6, 6.07) is 2.42. The van der Waals surface area contributed by atoms with Gasteiger partial charge in [0.2, 0.25) is 0 Å². The Kier molecular flexibility index (Phi) is 6.29. The van der Waals surface area contributed by atoms with E-state index in [0.717, 1.165) is 39.2 Å². The Morgan fingerprint density at radius 3 is 3.05 bits per heavy atom. The predicted molar refractivity (Wildman–Crippen MR) is 84.9 cm³/mol. The molecule has 5 heteroatoms. The van der Waals surface area contributed by atoms with Crippen molar-refractivity contribution < 1.29 is 4.74 Å². The van der Waals surface area contributed by atoms with Crippen LogP contribution in [0.2, 0.25) is 0 Å². The van der Waals surface area contributed by atoms with Gasteiger partial charge in [0, 0.05) is 22.4 Å². The maximum Gasteiger partial charge on any atom is 0.0905 e. The molecule has 1 aromatic heterocycles. The van der Waals surface area contributed by atoms with Crippen molar-refractivity contribution in [2.75, 3.05) is 32.8 Å². The van der Waals surface area contributed by atoms with Crippen molar-refractivity contribution in [2.45, 2.75) is 32.4 Å². The molecule has 2 rings (SSSR count). The third-order valence-corrected chi connectivity index (χ3v) is 5.49. The topological polar surface area (TPSA) is 24.5 Å². The normalized spacial score (nSPS) is 22.6. The summed E-state index contributed by atoms with van der Waals surface area (Å²) in [6.07, 6.45) is 1.39. The van der Waals surface area contributed by atoms with E-state index in [9.17, 15) is 0 Å². The fraction of sp³-hybridized carbons (Fsp3) is 0.714. The Bertz CT molecular complexity index is 385. The second kappa shape index (κ2) is 7.74. The molecule has 0 amide bonds. The van der Waals surface area contributed by atoms with Crippen molar-refractivity contribution in [2.24, 2.45) is 0 Å². The maximum atomic E-state index is 6.03. The second-order valence-corrected chi connectivity index (χ2v) is 6.67. The van der Waals surface area contributed by atoms with E-state index in [-0.39, 0.29) is 6.10 Å². The number of likely N-dealkylation sites (N-methyl/N-ethyl adjacent to an activating group) is 1. The zero-order valence-electron chi connectivity index (χ0n) is 11.7. The minimum Gasteiger partial charge on any atom is -0.374 e. The van der Waals surface area contributed by atoms with Crippen molar-refractivity contribution in [3.63, 3.8) is 0 Å². The molecule has 1 fully saturated rings. The molecule has 1 aromatic rings. The van der Waals surface area contributed by atoms with E-state index in [1.165, 1.54) is 9.35 Å². The van der Waals surface area contributed by atoms with Crippen LogP contribution >= 0.6 is 27.3 Å². The van der Waals surface area contributed by atoms with Gasteiger partial charge in [-0.2, -0.15) is 0 Å². The first-order chi connectivity index (χ1) is 9.26. The molecule has 0 radical (unpaired) electrons. The lowest BCUT2D eigenvalue weighted by molar-refractivity contribution is -0.0450. The summed E-state index contributed by atoms with van der Waals surface area (Å²) in [4.78, 5) is 3.83. The molecule has 1 saturated heterocycles. The van der Waals surface area contributed by atoms with Gasteiger partial charge in [0.1, 0.15) is 0 Å². The first-order valence-electron chi connectivity index (χ1n) is 7.06. The summed E-state index contributed by atoms with van der Waals surface area (Å²) in [6.45, 7) is 9.46. The van der Waals surface area contributed by atoms with Crippen molar-refractivity contribution in [1.82, 2.24) is 10.2 Å². The highest BCUT2D eigenvalue weighted by Gasteiger charge is 2.30. The molecule has 1 aliphatic heterocycles. The Balaban J connectivity index is 2.10. The van der Waals surface area contributed by atoms with Crippen LogP contribution in [0.5, 0.6) is 0 Å². The van der Waals surface area contributed by atoms with E-state index < -0.39 is 0 Å². The van der Waals surface area contributed by atoms with E-state index >= 15 is 0 Å². The number of halogens is 1. The number of ether oxygens (including phenoxy) is 1. The highest BCUT2D eigenvalue weighted by molar-refractivity contribution is 9.10. The average molecular weight is 347 g/mol. The maximum absolute atomic E-state index is 6.03. The van der Waals surface area contributed by atoms with Crippen LogP contribution in [0.3, 0.4) is 0 Å². The highest BCUT2D eigenvalue weighted by Crippen LogP contribution is 2.33. The van der Waals surface area contributed by atoms with Gasteiger partial charge in [0.05, 0.1) is 18.8 Å². The van der Waals surface area contributed by atoms with Crippen molar-refractivity contribution in [1.29, 1.82) is 0 Å². The molecule has 0 aromatic carbocycles. The van der Waals surface area contributed by atoms with Gasteiger partial charge >= 0.3 is 0 Å². The van der Waals surface area contributed by atoms with Gasteiger partial charge in [-0.25, -0.2) is 0 Å². The Morgan fingerprint density at radius 2 is 2.42 bits per heavy atom. The lowest BCUT2D eigenvalue weighted by Crippen LogP contribution is -2.48. The lowest BCUT2D eigenvalue weighted by atomic mass is 10.1. The molecule has 1 N–H and O–H groups in total. The fourth-order valence-electron chi connectivity index (χ4n) is 2.44. The number of thiophene rings is 1. The predicted octanol–water partition coefficient (Wildman–Crippen LogP) is 3.27. The highest BCUT2D eigenvalue weighted by atomic mass is 79.9. The van der Waals surface area contributed by atoms with E-state index in [0.29, 0.717) is 6.04 Å². The molecule has 0 bridgehead atoms. The van der Waals surface area contributed by atoms with E-state index in [4.69, 9.17) is 4.74 Å². The van der Waals surface area contributed by atoms with Gasteiger partial charge < -0.3 is 10.1 Å². The quantitative estimate of drug-likeness (QED) is 0.855. The van der Waals surface area contributed by atoms with Gasteiger partial charge in [0.25, 0.3) is 0 Å². The van der Waals surface area contributed by atoms with Crippen LogP contribution in [-0.4, -0.2) is 43.8 Å². The number of nitrogens with zero attached hydrogens (tertiary/aromatic N) is 1. The first-order valence-corrected chi connectivity index (χ1v) is 8.73. The van der Waals surface area contributed by atoms with E-state index in [1.807, 2.05) is 0 Å². The van der Waals surface area contributed by atoms with Crippen LogP contribution in [0.1, 0.15) is 31.2 Å². The molecule has 108 valence electrons. The number of rotatable bonds is 6. The third-order valence-electron chi connectivity index (χ3n) is 3.54. The van der Waals surface area contributed by atoms with Gasteiger partial charge in [-0.05, 0) is 46.9 Å². The van der Waals surface area contributed by atoms with Gasteiger partial charge in [-0.3, -0.25) is 4.90 Å². The second-order valence-electron chi connectivity index (χ2n) is 4.87. The minimum atomic E-state index is 0.246. The van der Waals surface area contributed by atoms with Crippen LogP contribution in [0.15, 0.2) is 15.9 Å². The van der Waals surface area contributed by atoms with Crippen molar-refractivity contribution >= 4 is 27.3 Å². The van der Waals surface area contributed by atoms with E-state index in [1.54, 1.807) is 11.3 Å². The molecule has 2 unspecified atom stereocenters. The third kappa shape index (κ3) is 4.02. The summed E-state index contributed by atoms with van der Waals surface area (Å²) < 4.78 is 7.23. The Labute approximate surface area is 128 Å². The summed E-state index contributed by atoms with van der Waals surface area (Å²) in [5.74, 6) is 0. The molecule has 0 saturated carbocycles. The Morgan fingerprint density at radius 1 is 1.58 bits per heavy atom. The van der Waals surface area contributed by atoms with Gasteiger partial charge in [0.15, 0.2) is 0 Å². The smallest absolute Gasteiger partial charge is 0.0905 e. The zero-order chi connectivity index (χ0) is 13.7. The molecule has 0 spiro atoms. The summed E-state index contributed by atoms with van der Waals surface area (Å²) in [5.41, 5.74) is 0. The lowest BCUT2D eigenvalue weighted by Gasteiger charge is -2.36. The standard InChI is InChI=1S/C14H23BrN2OS/c1-3-6-16-13(14-11(15)5-9-19-14)12-10-17(4-2)7-8-18-12/h5,9,12-13,16H,3-4,6-8,10H2,1-2H3. The average Bonchev–Trinajstić information content (AvgIpc) is 2.86.